The zero-order valence-electron chi connectivity index (χ0n) is 14.1. The van der Waals surface area contributed by atoms with Crippen molar-refractivity contribution in [1.82, 2.24) is 4.90 Å². The molecule has 0 saturated carbocycles. The number of likely N-dealkylation sites (tertiary alicyclic amines) is 1. The van der Waals surface area contributed by atoms with E-state index in [-0.39, 0.29) is 5.91 Å². The fourth-order valence-electron chi connectivity index (χ4n) is 3.41. The van der Waals surface area contributed by atoms with Gasteiger partial charge in [-0.3, -0.25) is 9.59 Å². The first kappa shape index (κ1) is 17.6. The number of ether oxygens (including phenoxy) is 1. The molecule has 2 heterocycles. The van der Waals surface area contributed by atoms with E-state index in [9.17, 15) is 14.7 Å². The maximum absolute atomic E-state index is 12.8. The number of benzene rings is 1. The van der Waals surface area contributed by atoms with Gasteiger partial charge in [0.15, 0.2) is 0 Å². The summed E-state index contributed by atoms with van der Waals surface area (Å²) in [6, 6.07) is 11.2. The van der Waals surface area contributed by atoms with Crippen molar-refractivity contribution < 1.29 is 19.4 Å². The van der Waals surface area contributed by atoms with Crippen LogP contribution in [0.15, 0.2) is 41.8 Å². The van der Waals surface area contributed by atoms with Crippen molar-refractivity contribution in [2.75, 3.05) is 20.2 Å². The molecule has 1 saturated heterocycles. The third kappa shape index (κ3) is 3.32. The number of carbonyl (C=O) groups excluding carboxylic acids is 1. The molecule has 1 fully saturated rings. The van der Waals surface area contributed by atoms with Crippen molar-refractivity contribution in [1.29, 1.82) is 0 Å². The van der Waals surface area contributed by atoms with Gasteiger partial charge in [-0.1, -0.05) is 30.3 Å². The number of nitrogens with zero attached hydrogens (tertiary/aromatic N) is 1. The number of carboxylic acids is 1. The lowest BCUT2D eigenvalue weighted by atomic mass is 9.73. The van der Waals surface area contributed by atoms with Gasteiger partial charge in [0.25, 0.3) is 5.91 Å². The van der Waals surface area contributed by atoms with Crippen LogP contribution in [0.4, 0.5) is 0 Å². The maximum Gasteiger partial charge on any atom is 0.314 e. The average molecular weight is 359 g/mol. The predicted octanol–water partition coefficient (Wildman–Crippen LogP) is 3.15. The highest BCUT2D eigenvalue weighted by Gasteiger charge is 2.44. The van der Waals surface area contributed by atoms with Gasteiger partial charge in [-0.15, -0.1) is 11.3 Å². The number of aliphatic carboxylic acids is 1. The number of methoxy groups -OCH3 is 1. The molecular weight excluding hydrogens is 338 g/mol. The molecule has 0 atom stereocenters. The summed E-state index contributed by atoms with van der Waals surface area (Å²) in [5.41, 5.74) is 0.782. The van der Waals surface area contributed by atoms with E-state index >= 15 is 0 Å². The molecule has 0 aliphatic carbocycles. The highest BCUT2D eigenvalue weighted by atomic mass is 32.1. The molecule has 0 bridgehead atoms. The quantitative estimate of drug-likeness (QED) is 0.890. The van der Waals surface area contributed by atoms with Crippen LogP contribution in [-0.4, -0.2) is 42.1 Å². The number of piperidine rings is 1. The molecule has 5 nitrogen and oxygen atoms in total. The Labute approximate surface area is 150 Å². The van der Waals surface area contributed by atoms with Crippen molar-refractivity contribution in [2.24, 2.45) is 0 Å². The monoisotopic (exact) mass is 359 g/mol. The Morgan fingerprint density at radius 1 is 1.20 bits per heavy atom. The number of amides is 1. The third-order valence-corrected chi connectivity index (χ3v) is 5.83. The van der Waals surface area contributed by atoms with Gasteiger partial charge in [0.1, 0.15) is 0 Å². The molecular formula is C19H21NO4S. The highest BCUT2D eigenvalue weighted by molar-refractivity contribution is 7.12. The Bertz CT molecular complexity index is 748. The van der Waals surface area contributed by atoms with Crippen LogP contribution in [0.25, 0.3) is 0 Å². The summed E-state index contributed by atoms with van der Waals surface area (Å²) in [6.07, 6.45) is 0.839. The molecule has 132 valence electrons. The Balaban J connectivity index is 1.77. The Kier molecular flexibility index (Phi) is 5.20. The molecule has 1 N–H and O–H groups in total. The molecule has 2 aromatic rings. The summed E-state index contributed by atoms with van der Waals surface area (Å²) in [7, 11) is 1.61. The number of hydrogen-bond donors (Lipinski definition) is 1. The first-order valence-corrected chi connectivity index (χ1v) is 9.10. The van der Waals surface area contributed by atoms with Gasteiger partial charge < -0.3 is 14.7 Å². The van der Waals surface area contributed by atoms with Crippen LogP contribution in [0.2, 0.25) is 0 Å². The first-order chi connectivity index (χ1) is 12.1. The van der Waals surface area contributed by atoms with E-state index in [1.54, 1.807) is 12.0 Å². The van der Waals surface area contributed by atoms with Gasteiger partial charge in [-0.25, -0.2) is 0 Å². The van der Waals surface area contributed by atoms with Gasteiger partial charge in [-0.2, -0.15) is 0 Å². The SMILES string of the molecule is COCc1ccsc1C(=O)N1CCC(C(=O)O)(c2ccccc2)CC1. The van der Waals surface area contributed by atoms with Crippen molar-refractivity contribution >= 4 is 23.2 Å². The number of hydrogen-bond acceptors (Lipinski definition) is 4. The van der Waals surface area contributed by atoms with Crippen LogP contribution in [0.1, 0.15) is 33.6 Å². The summed E-state index contributed by atoms with van der Waals surface area (Å²) >= 11 is 1.41. The zero-order chi connectivity index (χ0) is 17.9. The van der Waals surface area contributed by atoms with Crippen molar-refractivity contribution in [3.63, 3.8) is 0 Å². The van der Waals surface area contributed by atoms with E-state index in [0.717, 1.165) is 11.1 Å². The van der Waals surface area contributed by atoms with E-state index in [2.05, 4.69) is 0 Å². The lowest BCUT2D eigenvalue weighted by Crippen LogP contribution is -2.49. The predicted molar refractivity (Wildman–Crippen MR) is 95.9 cm³/mol. The highest BCUT2D eigenvalue weighted by Crippen LogP contribution is 2.36. The minimum Gasteiger partial charge on any atom is -0.481 e. The van der Waals surface area contributed by atoms with E-state index in [1.807, 2.05) is 41.8 Å². The van der Waals surface area contributed by atoms with Crippen LogP contribution in [-0.2, 0) is 21.6 Å². The Morgan fingerprint density at radius 2 is 1.88 bits per heavy atom. The van der Waals surface area contributed by atoms with E-state index in [4.69, 9.17) is 4.74 Å². The topological polar surface area (TPSA) is 66.8 Å². The average Bonchev–Trinajstić information content (AvgIpc) is 3.10. The standard InChI is InChI=1S/C19H21NO4S/c1-24-13-14-7-12-25-16(14)17(21)20-10-8-19(9-11-20,18(22)23)15-5-3-2-4-6-15/h2-7,12H,8-11,13H2,1H3,(H,22,23). The second-order valence-corrected chi connectivity index (χ2v) is 7.17. The molecule has 1 aliphatic rings. The molecule has 0 unspecified atom stereocenters. The summed E-state index contributed by atoms with van der Waals surface area (Å²) in [5, 5.41) is 11.7. The van der Waals surface area contributed by atoms with Crippen LogP contribution in [0, 0.1) is 0 Å². The molecule has 0 spiro atoms. The molecule has 6 heteroatoms. The van der Waals surface area contributed by atoms with Crippen LogP contribution in [0.5, 0.6) is 0 Å². The molecule has 1 aliphatic heterocycles. The minimum atomic E-state index is -0.914. The van der Waals surface area contributed by atoms with Crippen molar-refractivity contribution in [3.05, 3.63) is 57.8 Å². The van der Waals surface area contributed by atoms with Gasteiger partial charge in [-0.05, 0) is 29.9 Å². The lowest BCUT2D eigenvalue weighted by Gasteiger charge is -2.39. The van der Waals surface area contributed by atoms with E-state index < -0.39 is 11.4 Å². The van der Waals surface area contributed by atoms with Gasteiger partial charge in [0, 0.05) is 25.8 Å². The molecule has 1 aromatic heterocycles. The summed E-state index contributed by atoms with van der Waals surface area (Å²) in [5.74, 6) is -0.851. The fourth-order valence-corrected chi connectivity index (χ4v) is 4.29. The first-order valence-electron chi connectivity index (χ1n) is 8.22. The molecule has 1 amide bonds. The number of rotatable bonds is 5. The Morgan fingerprint density at radius 3 is 2.48 bits per heavy atom. The number of thiophene rings is 1. The second kappa shape index (κ2) is 7.37. The summed E-state index contributed by atoms with van der Waals surface area (Å²) < 4.78 is 5.14. The molecule has 0 radical (unpaired) electrons. The normalized spacial score (nSPS) is 16.6. The third-order valence-electron chi connectivity index (χ3n) is 4.88. The lowest BCUT2D eigenvalue weighted by molar-refractivity contribution is -0.145. The van der Waals surface area contributed by atoms with Crippen molar-refractivity contribution in [3.8, 4) is 0 Å². The summed E-state index contributed by atoms with van der Waals surface area (Å²) in [6.45, 7) is 1.27. The van der Waals surface area contributed by atoms with E-state index in [0.29, 0.717) is 37.4 Å². The molecule has 25 heavy (non-hydrogen) atoms. The largest absolute Gasteiger partial charge is 0.481 e. The zero-order valence-corrected chi connectivity index (χ0v) is 14.9. The molecule has 3 rings (SSSR count). The van der Waals surface area contributed by atoms with Gasteiger partial charge in [0.2, 0.25) is 0 Å². The smallest absolute Gasteiger partial charge is 0.314 e. The van der Waals surface area contributed by atoms with Crippen molar-refractivity contribution in [2.45, 2.75) is 24.9 Å². The van der Waals surface area contributed by atoms with Gasteiger partial charge in [0.05, 0.1) is 16.9 Å². The van der Waals surface area contributed by atoms with Crippen LogP contribution in [0.3, 0.4) is 0 Å². The summed E-state index contributed by atoms with van der Waals surface area (Å²) in [4.78, 5) is 27.3. The maximum atomic E-state index is 12.8. The van der Waals surface area contributed by atoms with Gasteiger partial charge >= 0.3 is 5.97 Å². The molecule has 1 aromatic carbocycles. The Hall–Kier alpha value is -2.18. The number of carboxylic acid groups (broad SMARTS) is 1. The minimum absolute atomic E-state index is 0.0332. The van der Waals surface area contributed by atoms with E-state index in [1.165, 1.54) is 11.3 Å². The van der Waals surface area contributed by atoms with Crippen LogP contribution >= 0.6 is 11.3 Å². The fraction of sp³-hybridized carbons (Fsp3) is 0.368. The van der Waals surface area contributed by atoms with Crippen LogP contribution < -0.4 is 0 Å². The number of carbonyl (C=O) groups is 2. The second-order valence-electron chi connectivity index (χ2n) is 6.25.